The van der Waals surface area contributed by atoms with E-state index in [0.717, 1.165) is 24.1 Å². The maximum atomic E-state index is 12.3. The van der Waals surface area contributed by atoms with Crippen LogP contribution in [-0.4, -0.2) is 34.5 Å². The van der Waals surface area contributed by atoms with Crippen molar-refractivity contribution in [1.82, 2.24) is 20.3 Å². The van der Waals surface area contributed by atoms with Crippen molar-refractivity contribution in [3.05, 3.63) is 58.3 Å². The molecule has 6 nitrogen and oxygen atoms in total. The Bertz CT molecular complexity index is 877. The number of amides is 1. The van der Waals surface area contributed by atoms with Gasteiger partial charge in [0.2, 0.25) is 5.88 Å². The molecule has 1 N–H and O–H groups in total. The van der Waals surface area contributed by atoms with Crippen molar-refractivity contribution < 1.29 is 9.53 Å². The molecule has 0 fully saturated rings. The Kier molecular flexibility index (Phi) is 5.91. The summed E-state index contributed by atoms with van der Waals surface area (Å²) >= 11 is 1.66. The molecule has 3 rings (SSSR count). The van der Waals surface area contributed by atoms with Crippen molar-refractivity contribution in [1.29, 1.82) is 0 Å². The number of ether oxygens (including phenoxy) is 1. The smallest absolute Gasteiger partial charge is 0.251 e. The van der Waals surface area contributed by atoms with E-state index in [2.05, 4.69) is 20.3 Å². The van der Waals surface area contributed by atoms with Crippen LogP contribution < -0.4 is 10.1 Å². The second-order valence-corrected chi connectivity index (χ2v) is 6.65. The van der Waals surface area contributed by atoms with Crippen molar-refractivity contribution in [2.24, 2.45) is 0 Å². The third kappa shape index (κ3) is 4.23. The van der Waals surface area contributed by atoms with E-state index >= 15 is 0 Å². The number of hydrogen-bond donors (Lipinski definition) is 1. The number of hydrogen-bond acceptors (Lipinski definition) is 6. The molecule has 26 heavy (non-hydrogen) atoms. The van der Waals surface area contributed by atoms with E-state index in [1.807, 2.05) is 24.6 Å². The van der Waals surface area contributed by atoms with Gasteiger partial charge in [-0.2, -0.15) is 0 Å². The number of carbonyl (C=O) groups excluding carboxylic acids is 1. The van der Waals surface area contributed by atoms with Gasteiger partial charge in [0, 0.05) is 34.9 Å². The van der Waals surface area contributed by atoms with E-state index in [0.29, 0.717) is 23.7 Å². The minimum absolute atomic E-state index is 0.0799. The first kappa shape index (κ1) is 18.0. The molecule has 1 aromatic carbocycles. The zero-order valence-corrected chi connectivity index (χ0v) is 15.5. The van der Waals surface area contributed by atoms with E-state index in [1.54, 1.807) is 43.0 Å². The van der Waals surface area contributed by atoms with Crippen LogP contribution >= 0.6 is 11.3 Å². The van der Waals surface area contributed by atoms with Crippen molar-refractivity contribution in [2.45, 2.75) is 19.8 Å². The second kappa shape index (κ2) is 8.53. The number of carbonyl (C=O) groups is 1. The highest BCUT2D eigenvalue weighted by Gasteiger charge is 2.10. The molecule has 0 bridgehead atoms. The highest BCUT2D eigenvalue weighted by molar-refractivity contribution is 7.09. The van der Waals surface area contributed by atoms with Crippen LogP contribution in [0.2, 0.25) is 0 Å². The van der Waals surface area contributed by atoms with Gasteiger partial charge in [0.25, 0.3) is 5.91 Å². The van der Waals surface area contributed by atoms with Crippen molar-refractivity contribution >= 4 is 17.2 Å². The highest BCUT2D eigenvalue weighted by atomic mass is 32.1. The molecule has 134 valence electrons. The molecule has 2 heterocycles. The maximum Gasteiger partial charge on any atom is 0.251 e. The summed E-state index contributed by atoms with van der Waals surface area (Å²) in [5, 5.41) is 2.96. The van der Waals surface area contributed by atoms with Gasteiger partial charge in [-0.3, -0.25) is 4.79 Å². The number of aromatic nitrogens is 3. The van der Waals surface area contributed by atoms with Crippen LogP contribution in [0.1, 0.15) is 27.3 Å². The van der Waals surface area contributed by atoms with Crippen LogP contribution in [0, 0.1) is 6.92 Å². The molecule has 0 atom stereocenters. The monoisotopic (exact) mass is 368 g/mol. The summed E-state index contributed by atoms with van der Waals surface area (Å²) in [5.74, 6) is 0.381. The summed E-state index contributed by atoms with van der Waals surface area (Å²) in [4.78, 5) is 26.2. The number of nitrogens with one attached hydrogen (secondary N) is 1. The zero-order valence-electron chi connectivity index (χ0n) is 14.7. The third-order valence-corrected chi connectivity index (χ3v) is 4.98. The fourth-order valence-electron chi connectivity index (χ4n) is 2.57. The van der Waals surface area contributed by atoms with E-state index < -0.39 is 0 Å². The van der Waals surface area contributed by atoms with E-state index in [4.69, 9.17) is 4.74 Å². The fourth-order valence-corrected chi connectivity index (χ4v) is 3.39. The molecule has 0 unspecified atom stereocenters. The lowest BCUT2D eigenvalue weighted by Crippen LogP contribution is -2.24. The molecular weight excluding hydrogens is 348 g/mol. The van der Waals surface area contributed by atoms with Gasteiger partial charge in [-0.1, -0.05) is 12.1 Å². The lowest BCUT2D eigenvalue weighted by Gasteiger charge is -2.08. The van der Waals surface area contributed by atoms with Gasteiger partial charge in [-0.25, -0.2) is 15.0 Å². The van der Waals surface area contributed by atoms with Crippen molar-refractivity contribution in [3.63, 3.8) is 0 Å². The highest BCUT2D eigenvalue weighted by Crippen LogP contribution is 2.25. The molecule has 0 spiro atoms. The Morgan fingerprint density at radius 2 is 1.92 bits per heavy atom. The molecule has 0 saturated heterocycles. The molecule has 0 aliphatic heterocycles. The predicted octanol–water partition coefficient (Wildman–Crippen LogP) is 3.28. The Morgan fingerprint density at radius 1 is 1.15 bits per heavy atom. The summed E-state index contributed by atoms with van der Waals surface area (Å²) in [5.41, 5.74) is 5.06. The van der Waals surface area contributed by atoms with E-state index in [1.165, 1.54) is 4.88 Å². The van der Waals surface area contributed by atoms with Crippen molar-refractivity contribution in [2.75, 3.05) is 13.7 Å². The summed E-state index contributed by atoms with van der Waals surface area (Å²) in [6.07, 6.45) is 5.02. The first-order valence-corrected chi connectivity index (χ1v) is 9.19. The molecule has 0 aliphatic rings. The second-order valence-electron chi connectivity index (χ2n) is 5.71. The lowest BCUT2D eigenvalue weighted by atomic mass is 10.1. The average Bonchev–Trinajstić information content (AvgIpc) is 3.10. The normalized spacial score (nSPS) is 10.5. The zero-order chi connectivity index (χ0) is 18.4. The Balaban J connectivity index is 1.56. The maximum absolute atomic E-state index is 12.3. The number of thiazole rings is 1. The third-order valence-electron chi connectivity index (χ3n) is 3.99. The predicted molar refractivity (Wildman–Crippen MR) is 102 cm³/mol. The Hall–Kier alpha value is -2.80. The van der Waals surface area contributed by atoms with Gasteiger partial charge in [-0.15, -0.1) is 11.3 Å². The molecule has 0 aliphatic carbocycles. The van der Waals surface area contributed by atoms with E-state index in [-0.39, 0.29) is 5.91 Å². The van der Waals surface area contributed by atoms with Crippen LogP contribution in [0.25, 0.3) is 11.3 Å². The van der Waals surface area contributed by atoms with E-state index in [9.17, 15) is 4.79 Å². The van der Waals surface area contributed by atoms with Gasteiger partial charge in [0.1, 0.15) is 5.69 Å². The summed E-state index contributed by atoms with van der Waals surface area (Å²) < 4.78 is 5.23. The number of aryl methyl sites for hydroxylation is 2. The topological polar surface area (TPSA) is 77.0 Å². The number of nitrogens with zero attached hydrogens (tertiary/aromatic N) is 3. The Labute approximate surface area is 156 Å². The SMILES string of the molecule is COc1nccnc1-c1ccc(C(=O)NCCCc2scnc2C)cc1. The Morgan fingerprint density at radius 3 is 2.62 bits per heavy atom. The summed E-state index contributed by atoms with van der Waals surface area (Å²) in [6.45, 7) is 2.65. The molecule has 0 radical (unpaired) electrons. The number of benzene rings is 1. The molecule has 7 heteroatoms. The number of methoxy groups -OCH3 is 1. The van der Waals surface area contributed by atoms with Crippen LogP contribution in [-0.2, 0) is 6.42 Å². The first-order valence-electron chi connectivity index (χ1n) is 8.31. The average molecular weight is 368 g/mol. The van der Waals surface area contributed by atoms with Gasteiger partial charge in [-0.05, 0) is 31.9 Å². The molecule has 0 saturated carbocycles. The molecule has 1 amide bonds. The quantitative estimate of drug-likeness (QED) is 0.648. The van der Waals surface area contributed by atoms with Crippen LogP contribution in [0.4, 0.5) is 0 Å². The van der Waals surface area contributed by atoms with Crippen molar-refractivity contribution in [3.8, 4) is 17.1 Å². The summed E-state index contributed by atoms with van der Waals surface area (Å²) in [7, 11) is 1.56. The molecule has 2 aromatic heterocycles. The summed E-state index contributed by atoms with van der Waals surface area (Å²) in [6, 6.07) is 7.27. The largest absolute Gasteiger partial charge is 0.479 e. The molecular formula is C19H20N4O2S. The lowest BCUT2D eigenvalue weighted by molar-refractivity contribution is 0.0953. The fraction of sp³-hybridized carbons (Fsp3) is 0.263. The van der Waals surface area contributed by atoms with Gasteiger partial charge < -0.3 is 10.1 Å². The van der Waals surface area contributed by atoms with Crippen LogP contribution in [0.15, 0.2) is 42.2 Å². The minimum Gasteiger partial charge on any atom is -0.479 e. The standard InChI is InChI=1S/C19H20N4O2S/c1-13-16(26-12-23-13)4-3-9-21-18(24)15-7-5-14(6-8-15)17-19(25-2)22-11-10-20-17/h5-8,10-12H,3-4,9H2,1-2H3,(H,21,24). The van der Waals surface area contributed by atoms with Crippen LogP contribution in [0.3, 0.4) is 0 Å². The first-order chi connectivity index (χ1) is 12.7. The van der Waals surface area contributed by atoms with Gasteiger partial charge >= 0.3 is 0 Å². The number of rotatable bonds is 7. The van der Waals surface area contributed by atoms with Gasteiger partial charge in [0.05, 0.1) is 18.3 Å². The minimum atomic E-state index is -0.0799. The van der Waals surface area contributed by atoms with Gasteiger partial charge in [0.15, 0.2) is 0 Å². The van der Waals surface area contributed by atoms with Crippen LogP contribution in [0.5, 0.6) is 5.88 Å². The molecule has 3 aromatic rings.